The van der Waals surface area contributed by atoms with E-state index in [0.29, 0.717) is 39.7 Å². The molecule has 2 aromatic heterocycles. The molecule has 8 heteroatoms. The van der Waals surface area contributed by atoms with E-state index >= 15 is 0 Å². The minimum absolute atomic E-state index is 0.355. The van der Waals surface area contributed by atoms with Crippen molar-refractivity contribution in [3.63, 3.8) is 0 Å². The number of hydrogen-bond donors (Lipinski definition) is 1. The van der Waals surface area contributed by atoms with Crippen LogP contribution in [0.1, 0.15) is 6.92 Å². The van der Waals surface area contributed by atoms with Crippen molar-refractivity contribution in [2.45, 2.75) is 6.92 Å². The summed E-state index contributed by atoms with van der Waals surface area (Å²) in [6, 6.07) is 12.7. The Bertz CT molecular complexity index is 1070. The Morgan fingerprint density at radius 3 is 2.59 bits per heavy atom. The van der Waals surface area contributed by atoms with Crippen molar-refractivity contribution in [2.24, 2.45) is 0 Å². The fourth-order valence-electron chi connectivity index (χ4n) is 2.65. The van der Waals surface area contributed by atoms with Crippen molar-refractivity contribution < 1.29 is 9.26 Å². The predicted molar refractivity (Wildman–Crippen MR) is 104 cm³/mol. The molecular weight excluding hydrogens is 387 g/mol. The summed E-state index contributed by atoms with van der Waals surface area (Å²) in [7, 11) is 0. The van der Waals surface area contributed by atoms with Crippen LogP contribution in [0.25, 0.3) is 34.1 Å². The second kappa shape index (κ2) is 7.42. The van der Waals surface area contributed by atoms with Gasteiger partial charge in [0.05, 0.1) is 29.1 Å². The lowest BCUT2D eigenvalue weighted by Crippen LogP contribution is -1.92. The number of aromatic amines is 1. The van der Waals surface area contributed by atoms with Crippen molar-refractivity contribution in [1.29, 1.82) is 0 Å². The lowest BCUT2D eigenvalue weighted by Gasteiger charge is -2.07. The Labute approximate surface area is 165 Å². The number of H-pyrrole nitrogens is 1. The van der Waals surface area contributed by atoms with E-state index in [4.69, 9.17) is 32.5 Å². The molecule has 0 aliphatic carbocycles. The highest BCUT2D eigenvalue weighted by molar-refractivity contribution is 6.32. The van der Waals surface area contributed by atoms with E-state index in [9.17, 15) is 0 Å². The summed E-state index contributed by atoms with van der Waals surface area (Å²) in [4.78, 5) is 4.47. The molecule has 0 atom stereocenters. The van der Waals surface area contributed by atoms with E-state index in [0.717, 1.165) is 16.8 Å². The SMILES string of the molecule is CCOc1ccc(-c2[nH]ncc2-c2nc(-c3ccc(Cl)cc3)no2)cc1Cl. The van der Waals surface area contributed by atoms with Crippen LogP contribution < -0.4 is 4.74 Å². The van der Waals surface area contributed by atoms with Crippen LogP contribution in [0, 0.1) is 0 Å². The fraction of sp³-hybridized carbons (Fsp3) is 0.105. The summed E-state index contributed by atoms with van der Waals surface area (Å²) in [6.45, 7) is 2.45. The zero-order valence-electron chi connectivity index (χ0n) is 14.2. The molecule has 6 nitrogen and oxygen atoms in total. The molecule has 2 heterocycles. The fourth-order valence-corrected chi connectivity index (χ4v) is 3.01. The molecule has 136 valence electrons. The summed E-state index contributed by atoms with van der Waals surface area (Å²) in [5, 5.41) is 12.3. The van der Waals surface area contributed by atoms with Crippen LogP contribution in [-0.2, 0) is 0 Å². The first-order chi connectivity index (χ1) is 13.2. The number of rotatable bonds is 5. The first kappa shape index (κ1) is 17.6. The van der Waals surface area contributed by atoms with E-state index < -0.39 is 0 Å². The molecule has 0 fully saturated rings. The van der Waals surface area contributed by atoms with Gasteiger partial charge in [0.1, 0.15) is 5.75 Å². The normalized spacial score (nSPS) is 10.9. The number of nitrogens with one attached hydrogen (secondary N) is 1. The molecule has 0 saturated carbocycles. The standard InChI is InChI=1S/C19H14Cl2N4O2/c1-2-26-16-8-5-12(9-15(16)21)17-14(10-22-24-17)19-23-18(25-27-19)11-3-6-13(20)7-4-11/h3-10H,2H2,1H3,(H,22,24). The van der Waals surface area contributed by atoms with Gasteiger partial charge in [0.15, 0.2) is 0 Å². The van der Waals surface area contributed by atoms with Gasteiger partial charge in [0.2, 0.25) is 5.82 Å². The van der Waals surface area contributed by atoms with Gasteiger partial charge in [-0.1, -0.05) is 28.4 Å². The van der Waals surface area contributed by atoms with Crippen LogP contribution in [0.4, 0.5) is 0 Å². The highest BCUT2D eigenvalue weighted by Gasteiger charge is 2.18. The zero-order chi connectivity index (χ0) is 18.8. The number of nitrogens with zero attached hydrogens (tertiary/aromatic N) is 3. The average molecular weight is 401 g/mol. The van der Waals surface area contributed by atoms with Crippen LogP contribution in [0.2, 0.25) is 10.0 Å². The molecule has 4 aromatic rings. The Morgan fingerprint density at radius 1 is 1.07 bits per heavy atom. The molecule has 27 heavy (non-hydrogen) atoms. The van der Waals surface area contributed by atoms with Gasteiger partial charge in [0, 0.05) is 16.1 Å². The van der Waals surface area contributed by atoms with E-state index in [1.165, 1.54) is 0 Å². The van der Waals surface area contributed by atoms with Gasteiger partial charge in [-0.25, -0.2) is 0 Å². The lowest BCUT2D eigenvalue weighted by molar-refractivity contribution is 0.340. The van der Waals surface area contributed by atoms with Gasteiger partial charge >= 0.3 is 0 Å². The smallest absolute Gasteiger partial charge is 0.262 e. The number of aromatic nitrogens is 4. The third-order valence-corrected chi connectivity index (χ3v) is 4.47. The van der Waals surface area contributed by atoms with Gasteiger partial charge in [0.25, 0.3) is 5.89 Å². The van der Waals surface area contributed by atoms with Gasteiger partial charge in [-0.15, -0.1) is 0 Å². The van der Waals surface area contributed by atoms with Crippen LogP contribution in [-0.4, -0.2) is 26.9 Å². The third kappa shape index (κ3) is 3.54. The van der Waals surface area contributed by atoms with Gasteiger partial charge in [-0.05, 0) is 49.4 Å². The molecule has 0 spiro atoms. The molecule has 0 amide bonds. The lowest BCUT2D eigenvalue weighted by atomic mass is 10.1. The van der Waals surface area contributed by atoms with Crippen molar-refractivity contribution >= 4 is 23.2 Å². The molecule has 0 aliphatic rings. The zero-order valence-corrected chi connectivity index (χ0v) is 15.8. The number of benzene rings is 2. The van der Waals surface area contributed by atoms with Crippen LogP contribution in [0.3, 0.4) is 0 Å². The molecule has 0 bridgehead atoms. The second-order valence-corrected chi connectivity index (χ2v) is 6.51. The Hall–Kier alpha value is -2.83. The monoisotopic (exact) mass is 400 g/mol. The maximum absolute atomic E-state index is 6.30. The predicted octanol–water partition coefficient (Wildman–Crippen LogP) is 5.50. The third-order valence-electron chi connectivity index (χ3n) is 3.92. The molecule has 2 aromatic carbocycles. The van der Waals surface area contributed by atoms with E-state index in [2.05, 4.69) is 20.3 Å². The summed E-state index contributed by atoms with van der Waals surface area (Å²) < 4.78 is 10.9. The average Bonchev–Trinajstić information content (AvgIpc) is 3.33. The number of ether oxygens (including phenoxy) is 1. The van der Waals surface area contributed by atoms with Crippen LogP contribution in [0.15, 0.2) is 53.2 Å². The second-order valence-electron chi connectivity index (χ2n) is 5.67. The molecule has 0 aliphatic heterocycles. The number of hydrogen-bond acceptors (Lipinski definition) is 5. The molecule has 1 N–H and O–H groups in total. The summed E-state index contributed by atoms with van der Waals surface area (Å²) >= 11 is 12.2. The summed E-state index contributed by atoms with van der Waals surface area (Å²) in [5.41, 5.74) is 3.06. The maximum atomic E-state index is 6.30. The molecular formula is C19H14Cl2N4O2. The highest BCUT2D eigenvalue weighted by atomic mass is 35.5. The van der Waals surface area contributed by atoms with E-state index in [-0.39, 0.29) is 0 Å². The maximum Gasteiger partial charge on any atom is 0.262 e. The van der Waals surface area contributed by atoms with Crippen molar-refractivity contribution in [1.82, 2.24) is 20.3 Å². The summed E-state index contributed by atoms with van der Waals surface area (Å²) in [6.07, 6.45) is 1.64. The quantitative estimate of drug-likeness (QED) is 0.478. The Kier molecular flexibility index (Phi) is 4.83. The van der Waals surface area contributed by atoms with E-state index in [1.54, 1.807) is 24.4 Å². The minimum Gasteiger partial charge on any atom is -0.492 e. The molecule has 0 radical (unpaired) electrons. The van der Waals surface area contributed by atoms with Crippen molar-refractivity contribution in [3.8, 4) is 39.8 Å². The van der Waals surface area contributed by atoms with Crippen LogP contribution >= 0.6 is 23.2 Å². The Balaban J connectivity index is 1.68. The molecule has 0 unspecified atom stereocenters. The largest absolute Gasteiger partial charge is 0.492 e. The number of halogens is 2. The first-order valence-corrected chi connectivity index (χ1v) is 8.97. The van der Waals surface area contributed by atoms with Gasteiger partial charge < -0.3 is 9.26 Å². The van der Waals surface area contributed by atoms with Crippen molar-refractivity contribution in [3.05, 3.63) is 58.7 Å². The Morgan fingerprint density at radius 2 is 1.85 bits per heavy atom. The van der Waals surface area contributed by atoms with Crippen LogP contribution in [0.5, 0.6) is 5.75 Å². The molecule has 4 rings (SSSR count). The van der Waals surface area contributed by atoms with Crippen molar-refractivity contribution in [2.75, 3.05) is 6.61 Å². The minimum atomic E-state index is 0.355. The van der Waals surface area contributed by atoms with E-state index in [1.807, 2.05) is 31.2 Å². The first-order valence-electron chi connectivity index (χ1n) is 8.22. The topological polar surface area (TPSA) is 76.8 Å². The molecule has 0 saturated heterocycles. The highest BCUT2D eigenvalue weighted by Crippen LogP contribution is 2.34. The van der Waals surface area contributed by atoms with Gasteiger partial charge in [-0.3, -0.25) is 5.10 Å². The van der Waals surface area contributed by atoms with Gasteiger partial charge in [-0.2, -0.15) is 10.1 Å². The summed E-state index contributed by atoms with van der Waals surface area (Å²) in [5.74, 6) is 1.46.